The minimum atomic E-state index is -0.259. The Labute approximate surface area is 168 Å². The number of aromatic nitrogens is 2. The normalized spacial score (nSPS) is 16.0. The molecule has 146 valence electrons. The lowest BCUT2D eigenvalue weighted by molar-refractivity contribution is -0.111. The molecule has 29 heavy (non-hydrogen) atoms. The molecule has 1 aliphatic heterocycles. The van der Waals surface area contributed by atoms with Gasteiger partial charge >= 0.3 is 0 Å². The summed E-state index contributed by atoms with van der Waals surface area (Å²) in [6, 6.07) is 11.6. The van der Waals surface area contributed by atoms with Crippen molar-refractivity contribution < 1.29 is 9.59 Å². The van der Waals surface area contributed by atoms with E-state index < -0.39 is 0 Å². The Morgan fingerprint density at radius 1 is 1.28 bits per heavy atom. The van der Waals surface area contributed by atoms with Crippen LogP contribution in [0.3, 0.4) is 0 Å². The van der Waals surface area contributed by atoms with E-state index in [2.05, 4.69) is 21.2 Å². The van der Waals surface area contributed by atoms with E-state index in [4.69, 9.17) is 0 Å². The van der Waals surface area contributed by atoms with Crippen molar-refractivity contribution in [2.24, 2.45) is 5.92 Å². The number of carbonyl (C=O) groups excluding carboxylic acids is 2. The van der Waals surface area contributed by atoms with Crippen LogP contribution in [0.25, 0.3) is 17.0 Å². The van der Waals surface area contributed by atoms with Crippen LogP contribution in [0, 0.1) is 5.92 Å². The van der Waals surface area contributed by atoms with Crippen LogP contribution >= 0.6 is 0 Å². The lowest BCUT2D eigenvalue weighted by Gasteiger charge is -2.08. The second kappa shape index (κ2) is 6.88. The van der Waals surface area contributed by atoms with Crippen molar-refractivity contribution in [3.05, 3.63) is 65.4 Å². The summed E-state index contributed by atoms with van der Waals surface area (Å²) in [5.74, 6) is 0.450. The number of hydrogen-bond acceptors (Lipinski definition) is 3. The fourth-order valence-corrected chi connectivity index (χ4v) is 3.85. The maximum absolute atomic E-state index is 12.4. The van der Waals surface area contributed by atoms with Crippen LogP contribution in [-0.2, 0) is 17.9 Å². The molecule has 0 saturated heterocycles. The first-order chi connectivity index (χ1) is 14.1. The van der Waals surface area contributed by atoms with Crippen molar-refractivity contribution in [2.45, 2.75) is 25.9 Å². The molecular formula is C23H22N4O2. The molecule has 1 fully saturated rings. The highest BCUT2D eigenvalue weighted by atomic mass is 16.2. The second-order valence-corrected chi connectivity index (χ2v) is 7.91. The van der Waals surface area contributed by atoms with Crippen LogP contribution in [-0.4, -0.2) is 33.5 Å². The molecule has 0 spiro atoms. The van der Waals surface area contributed by atoms with E-state index in [1.54, 1.807) is 24.1 Å². The minimum absolute atomic E-state index is 0.0615. The Hall–Kier alpha value is -3.41. The van der Waals surface area contributed by atoms with Crippen LogP contribution in [0.5, 0.6) is 0 Å². The standard InChI is InChI=1S/C23H22N4O2/c1-26-14-17-3-2-4-19(22(17)23(26)29)25-21(28)10-8-15-7-9-20-18(11-15)12-24-27(20)13-16-5-6-16/h2-4,7-12,16H,5-6,13-14H2,1H3,(H,25,28)/b10-8+. The van der Waals surface area contributed by atoms with Crippen LogP contribution < -0.4 is 5.32 Å². The third-order valence-corrected chi connectivity index (χ3v) is 5.60. The average Bonchev–Trinajstić information content (AvgIpc) is 3.37. The smallest absolute Gasteiger partial charge is 0.256 e. The van der Waals surface area contributed by atoms with E-state index in [1.165, 1.54) is 18.9 Å². The fraction of sp³-hybridized carbons (Fsp3) is 0.261. The van der Waals surface area contributed by atoms with Crippen molar-refractivity contribution in [2.75, 3.05) is 12.4 Å². The summed E-state index contributed by atoms with van der Waals surface area (Å²) in [5.41, 5.74) is 4.14. The van der Waals surface area contributed by atoms with Gasteiger partial charge in [0.05, 0.1) is 23.0 Å². The molecule has 0 unspecified atom stereocenters. The van der Waals surface area contributed by atoms with Gasteiger partial charge in [0.2, 0.25) is 5.91 Å². The maximum Gasteiger partial charge on any atom is 0.256 e. The number of amides is 2. The summed E-state index contributed by atoms with van der Waals surface area (Å²) in [6.07, 6.45) is 7.75. The quantitative estimate of drug-likeness (QED) is 0.680. The number of nitrogens with zero attached hydrogens (tertiary/aromatic N) is 3. The molecule has 1 aliphatic carbocycles. The number of nitrogens with one attached hydrogen (secondary N) is 1. The molecule has 1 aromatic heterocycles. The third kappa shape index (κ3) is 3.42. The molecule has 1 N–H and O–H groups in total. The zero-order valence-corrected chi connectivity index (χ0v) is 16.3. The summed E-state index contributed by atoms with van der Waals surface area (Å²) < 4.78 is 2.07. The molecular weight excluding hydrogens is 364 g/mol. The van der Waals surface area contributed by atoms with E-state index in [0.29, 0.717) is 17.8 Å². The van der Waals surface area contributed by atoms with E-state index >= 15 is 0 Å². The topological polar surface area (TPSA) is 67.2 Å². The number of rotatable bonds is 5. The highest BCUT2D eigenvalue weighted by Crippen LogP contribution is 2.31. The Morgan fingerprint density at radius 3 is 2.97 bits per heavy atom. The SMILES string of the molecule is CN1Cc2cccc(NC(=O)/C=C/c3ccc4c(cnn4CC4CC4)c3)c2C1=O. The molecule has 3 aromatic rings. The summed E-state index contributed by atoms with van der Waals surface area (Å²) in [5, 5.41) is 8.41. The fourth-order valence-electron chi connectivity index (χ4n) is 3.85. The lowest BCUT2D eigenvalue weighted by atomic mass is 10.1. The summed E-state index contributed by atoms with van der Waals surface area (Å²) in [6.45, 7) is 1.55. The first kappa shape index (κ1) is 17.7. The number of fused-ring (bicyclic) bond motifs is 2. The molecule has 5 rings (SSSR count). The highest BCUT2D eigenvalue weighted by Gasteiger charge is 2.27. The molecule has 6 heteroatoms. The first-order valence-electron chi connectivity index (χ1n) is 9.90. The van der Waals surface area contributed by atoms with Crippen molar-refractivity contribution in [1.82, 2.24) is 14.7 Å². The van der Waals surface area contributed by atoms with Crippen molar-refractivity contribution in [3.8, 4) is 0 Å². The Morgan fingerprint density at radius 2 is 2.14 bits per heavy atom. The third-order valence-electron chi connectivity index (χ3n) is 5.60. The van der Waals surface area contributed by atoms with Gasteiger partial charge in [-0.3, -0.25) is 14.3 Å². The Kier molecular flexibility index (Phi) is 4.19. The van der Waals surface area contributed by atoms with Gasteiger partial charge in [0.1, 0.15) is 0 Å². The molecule has 0 bridgehead atoms. The first-order valence-corrected chi connectivity index (χ1v) is 9.90. The van der Waals surface area contributed by atoms with Crippen molar-refractivity contribution in [3.63, 3.8) is 0 Å². The van der Waals surface area contributed by atoms with Gasteiger partial charge in [-0.15, -0.1) is 0 Å². The van der Waals surface area contributed by atoms with Gasteiger partial charge in [0.15, 0.2) is 0 Å². The molecule has 0 radical (unpaired) electrons. The van der Waals surface area contributed by atoms with Crippen LogP contribution in [0.1, 0.15) is 34.3 Å². The van der Waals surface area contributed by atoms with E-state index in [9.17, 15) is 9.59 Å². The van der Waals surface area contributed by atoms with Gasteiger partial charge in [0.25, 0.3) is 5.91 Å². The van der Waals surface area contributed by atoms with Gasteiger partial charge in [-0.1, -0.05) is 18.2 Å². The zero-order valence-electron chi connectivity index (χ0n) is 16.3. The molecule has 6 nitrogen and oxygen atoms in total. The predicted molar refractivity (Wildman–Crippen MR) is 112 cm³/mol. The van der Waals surface area contributed by atoms with E-state index in [-0.39, 0.29) is 11.8 Å². The second-order valence-electron chi connectivity index (χ2n) is 7.91. The minimum Gasteiger partial charge on any atom is -0.337 e. The van der Waals surface area contributed by atoms with Gasteiger partial charge in [-0.2, -0.15) is 5.10 Å². The monoisotopic (exact) mass is 386 g/mol. The summed E-state index contributed by atoms with van der Waals surface area (Å²) in [7, 11) is 1.76. The summed E-state index contributed by atoms with van der Waals surface area (Å²) in [4.78, 5) is 26.4. The average molecular weight is 386 g/mol. The van der Waals surface area contributed by atoms with E-state index in [1.807, 2.05) is 30.5 Å². The lowest BCUT2D eigenvalue weighted by Crippen LogP contribution is -2.19. The highest BCUT2D eigenvalue weighted by molar-refractivity contribution is 6.09. The predicted octanol–water partition coefficient (Wildman–Crippen LogP) is 3.68. The number of anilines is 1. The van der Waals surface area contributed by atoms with Crippen molar-refractivity contribution >= 4 is 34.5 Å². The largest absolute Gasteiger partial charge is 0.337 e. The van der Waals surface area contributed by atoms with Gasteiger partial charge in [-0.05, 0) is 54.2 Å². The molecule has 2 heterocycles. The number of hydrogen-bond donors (Lipinski definition) is 1. The zero-order chi connectivity index (χ0) is 20.0. The van der Waals surface area contributed by atoms with Crippen LogP contribution in [0.2, 0.25) is 0 Å². The summed E-state index contributed by atoms with van der Waals surface area (Å²) >= 11 is 0. The van der Waals surface area contributed by atoms with E-state index in [0.717, 1.165) is 34.5 Å². The van der Waals surface area contributed by atoms with Crippen LogP contribution in [0.15, 0.2) is 48.7 Å². The molecule has 0 atom stereocenters. The molecule has 1 saturated carbocycles. The molecule has 2 aliphatic rings. The van der Waals surface area contributed by atoms with Gasteiger partial charge < -0.3 is 10.2 Å². The van der Waals surface area contributed by atoms with Gasteiger partial charge in [-0.25, -0.2) is 0 Å². The maximum atomic E-state index is 12.4. The number of benzene rings is 2. The number of carbonyl (C=O) groups is 2. The Bertz CT molecular complexity index is 1160. The van der Waals surface area contributed by atoms with Crippen LogP contribution in [0.4, 0.5) is 5.69 Å². The molecule has 2 amide bonds. The molecule has 2 aromatic carbocycles. The van der Waals surface area contributed by atoms with Gasteiger partial charge in [0, 0.05) is 31.6 Å². The Balaban J connectivity index is 1.31. The van der Waals surface area contributed by atoms with Crippen molar-refractivity contribution in [1.29, 1.82) is 0 Å².